The van der Waals surface area contributed by atoms with Crippen molar-refractivity contribution in [1.82, 2.24) is 15.5 Å². The molecule has 2 aliphatic rings. The molecule has 2 aromatic carbocycles. The Kier molecular flexibility index (Phi) is 7.58. The molecule has 2 aromatic rings. The van der Waals surface area contributed by atoms with Crippen LogP contribution in [0.15, 0.2) is 59.8 Å². The minimum absolute atomic E-state index is 0.0944. The van der Waals surface area contributed by atoms with Crippen LogP contribution in [0.5, 0.6) is 0 Å². The topological polar surface area (TPSA) is 82.7 Å². The predicted molar refractivity (Wildman–Crippen MR) is 134 cm³/mol. The highest BCUT2D eigenvalue weighted by Crippen LogP contribution is 2.43. The maximum atomic E-state index is 14.8. The molecule has 198 valence electrons. The fraction of sp³-hybridized carbons (Fsp3) is 0.346. The van der Waals surface area contributed by atoms with Crippen LogP contribution in [0.1, 0.15) is 42.5 Å². The van der Waals surface area contributed by atoms with Gasteiger partial charge in [0.2, 0.25) is 0 Å². The number of nitrogens with one attached hydrogen (secondary N) is 3. The van der Waals surface area contributed by atoms with Crippen molar-refractivity contribution in [2.45, 2.75) is 44.9 Å². The van der Waals surface area contributed by atoms with Crippen LogP contribution >= 0.6 is 0 Å². The van der Waals surface area contributed by atoms with Gasteiger partial charge in [-0.3, -0.25) is 0 Å². The SMILES string of the molecule is CCC1C2=CN(NC)CC=C2CC(c2cc(NC(=O)Nc3cccc(C(F)(F)F)c3)c(F)cc2C)N1[O-]. The number of hydroxylamine groups is 2. The number of carbonyl (C=O) groups is 1. The number of amides is 2. The summed E-state index contributed by atoms with van der Waals surface area (Å²) in [5.41, 5.74) is 4.98. The first-order valence-corrected chi connectivity index (χ1v) is 11.9. The molecule has 0 radical (unpaired) electrons. The van der Waals surface area contributed by atoms with Crippen LogP contribution in [-0.4, -0.2) is 35.7 Å². The van der Waals surface area contributed by atoms with Crippen LogP contribution < -0.4 is 16.1 Å². The lowest BCUT2D eigenvalue weighted by Crippen LogP contribution is -2.43. The number of hydrogen-bond donors (Lipinski definition) is 3. The minimum Gasteiger partial charge on any atom is -0.784 e. The predicted octanol–water partition coefficient (Wildman–Crippen LogP) is 6.08. The summed E-state index contributed by atoms with van der Waals surface area (Å²) in [5, 5.41) is 21.0. The number of aryl methyl sites for hydroxylation is 1. The summed E-state index contributed by atoms with van der Waals surface area (Å²) in [6, 6.07) is 4.91. The van der Waals surface area contributed by atoms with Crippen molar-refractivity contribution in [3.63, 3.8) is 0 Å². The van der Waals surface area contributed by atoms with Crippen molar-refractivity contribution < 1.29 is 22.4 Å². The van der Waals surface area contributed by atoms with Crippen molar-refractivity contribution in [1.29, 1.82) is 0 Å². The molecule has 1 fully saturated rings. The van der Waals surface area contributed by atoms with Gasteiger partial charge in [0.25, 0.3) is 0 Å². The number of piperidine rings is 1. The van der Waals surface area contributed by atoms with Crippen LogP contribution in [0.2, 0.25) is 0 Å². The summed E-state index contributed by atoms with van der Waals surface area (Å²) in [6.45, 7) is 4.27. The summed E-state index contributed by atoms with van der Waals surface area (Å²) in [4.78, 5) is 12.5. The summed E-state index contributed by atoms with van der Waals surface area (Å²) in [7, 11) is 1.80. The van der Waals surface area contributed by atoms with E-state index in [9.17, 15) is 27.6 Å². The normalized spacial score (nSPS) is 20.2. The number of rotatable bonds is 5. The molecule has 11 heteroatoms. The third kappa shape index (κ3) is 5.63. The van der Waals surface area contributed by atoms with Gasteiger partial charge in [-0.1, -0.05) is 19.1 Å². The smallest absolute Gasteiger partial charge is 0.416 e. The van der Waals surface area contributed by atoms with Crippen molar-refractivity contribution in [3.8, 4) is 0 Å². The van der Waals surface area contributed by atoms with Crippen molar-refractivity contribution in [2.24, 2.45) is 0 Å². The quantitative estimate of drug-likeness (QED) is 0.418. The van der Waals surface area contributed by atoms with E-state index in [1.54, 1.807) is 14.0 Å². The number of benzene rings is 2. The Morgan fingerprint density at radius 2 is 1.95 bits per heavy atom. The third-order valence-electron chi connectivity index (χ3n) is 6.67. The molecule has 4 rings (SSSR count). The van der Waals surface area contributed by atoms with Crippen LogP contribution in [0, 0.1) is 17.9 Å². The fourth-order valence-electron chi connectivity index (χ4n) is 4.79. The minimum atomic E-state index is -4.57. The Balaban J connectivity index is 1.57. The Bertz CT molecular complexity index is 1240. The lowest BCUT2D eigenvalue weighted by Gasteiger charge is -2.51. The van der Waals surface area contributed by atoms with E-state index in [-0.39, 0.29) is 11.4 Å². The largest absolute Gasteiger partial charge is 0.784 e. The van der Waals surface area contributed by atoms with E-state index in [2.05, 4.69) is 22.1 Å². The highest BCUT2D eigenvalue weighted by molar-refractivity contribution is 6.00. The molecule has 0 spiro atoms. The van der Waals surface area contributed by atoms with Gasteiger partial charge in [-0.2, -0.15) is 13.2 Å². The monoisotopic (exact) mass is 518 g/mol. The molecular formula is C26H28F4N5O2-. The second-order valence-electron chi connectivity index (χ2n) is 9.04. The number of halogens is 4. The Morgan fingerprint density at radius 1 is 1.19 bits per heavy atom. The first-order valence-electron chi connectivity index (χ1n) is 11.9. The number of anilines is 2. The first-order chi connectivity index (χ1) is 17.5. The molecule has 2 heterocycles. The van der Waals surface area contributed by atoms with E-state index in [0.717, 1.165) is 34.4 Å². The van der Waals surface area contributed by atoms with Crippen LogP contribution in [0.3, 0.4) is 0 Å². The molecule has 37 heavy (non-hydrogen) atoms. The molecule has 2 atom stereocenters. The molecule has 2 unspecified atom stereocenters. The Hall–Kier alpha value is -3.41. The fourth-order valence-corrected chi connectivity index (χ4v) is 4.79. The highest BCUT2D eigenvalue weighted by atomic mass is 19.4. The Morgan fingerprint density at radius 3 is 2.62 bits per heavy atom. The molecule has 2 amide bonds. The summed E-state index contributed by atoms with van der Waals surface area (Å²) >= 11 is 0. The number of alkyl halides is 3. The molecule has 0 aromatic heterocycles. The first kappa shape index (κ1) is 26.6. The summed E-state index contributed by atoms with van der Waals surface area (Å²) in [6.07, 6.45) is 0.431. The van der Waals surface area contributed by atoms with Gasteiger partial charge in [0.1, 0.15) is 5.82 Å². The van der Waals surface area contributed by atoms with E-state index < -0.39 is 35.7 Å². The van der Waals surface area contributed by atoms with Crippen molar-refractivity contribution >= 4 is 17.4 Å². The van der Waals surface area contributed by atoms with Gasteiger partial charge in [0.05, 0.1) is 17.8 Å². The maximum absolute atomic E-state index is 14.8. The molecule has 0 saturated carbocycles. The molecule has 3 N–H and O–H groups in total. The number of hydrazine groups is 1. The average Bonchev–Trinajstić information content (AvgIpc) is 2.85. The standard InChI is InChI=1S/C26H28F4N5O2/c1-4-23-20-14-34(31-3)9-8-16(20)11-24(35(23)37)19-13-22(21(27)10-15(19)2)33-25(36)32-18-7-5-6-17(12-18)26(28,29)30/h5-8,10,12-14,23-24,31H,4,9,11H2,1-3H3,(H2,32,33,36)/q-1. The zero-order valence-corrected chi connectivity index (χ0v) is 20.6. The van der Waals surface area contributed by atoms with Crippen LogP contribution in [0.4, 0.5) is 33.7 Å². The summed E-state index contributed by atoms with van der Waals surface area (Å²) in [5.74, 6) is -0.720. The number of hydrogen-bond acceptors (Lipinski definition) is 5. The lowest BCUT2D eigenvalue weighted by molar-refractivity contribution is -0.137. The second kappa shape index (κ2) is 10.5. The van der Waals surface area contributed by atoms with Gasteiger partial charge in [-0.15, -0.1) is 0 Å². The zero-order chi connectivity index (χ0) is 26.9. The molecule has 2 aliphatic heterocycles. The lowest BCUT2D eigenvalue weighted by atomic mass is 9.82. The molecule has 7 nitrogen and oxygen atoms in total. The zero-order valence-electron chi connectivity index (χ0n) is 20.6. The van der Waals surface area contributed by atoms with Crippen LogP contribution in [-0.2, 0) is 6.18 Å². The Labute approximate surface area is 212 Å². The third-order valence-corrected chi connectivity index (χ3v) is 6.67. The number of carbonyl (C=O) groups excluding carboxylic acids is 1. The molecule has 0 aliphatic carbocycles. The van der Waals surface area contributed by atoms with Crippen LogP contribution in [0.25, 0.3) is 0 Å². The molecule has 0 bridgehead atoms. The number of nitrogens with zero attached hydrogens (tertiary/aromatic N) is 2. The van der Waals surface area contributed by atoms with Gasteiger partial charge in [0.15, 0.2) is 0 Å². The van der Waals surface area contributed by atoms with Gasteiger partial charge < -0.3 is 25.9 Å². The van der Waals surface area contributed by atoms with E-state index in [1.165, 1.54) is 18.2 Å². The average molecular weight is 519 g/mol. The van der Waals surface area contributed by atoms with Crippen molar-refractivity contribution in [3.05, 3.63) is 87.5 Å². The molecular weight excluding hydrogens is 490 g/mol. The van der Waals surface area contributed by atoms with Crippen molar-refractivity contribution in [2.75, 3.05) is 24.2 Å². The maximum Gasteiger partial charge on any atom is 0.416 e. The summed E-state index contributed by atoms with van der Waals surface area (Å²) < 4.78 is 53.7. The number of fused-ring (bicyclic) bond motifs is 1. The van der Waals surface area contributed by atoms with E-state index in [4.69, 9.17) is 0 Å². The van der Waals surface area contributed by atoms with Gasteiger partial charge in [0, 0.05) is 31.0 Å². The second-order valence-corrected chi connectivity index (χ2v) is 9.04. The van der Waals surface area contributed by atoms with Gasteiger partial charge in [-0.25, -0.2) is 14.6 Å². The number of urea groups is 1. The highest BCUT2D eigenvalue weighted by Gasteiger charge is 2.34. The van der Waals surface area contributed by atoms with Gasteiger partial charge >= 0.3 is 12.2 Å². The van der Waals surface area contributed by atoms with Gasteiger partial charge in [-0.05, 0) is 72.4 Å². The van der Waals surface area contributed by atoms with E-state index >= 15 is 0 Å². The van der Waals surface area contributed by atoms with E-state index in [0.29, 0.717) is 30.5 Å². The van der Waals surface area contributed by atoms with E-state index in [1.807, 2.05) is 18.1 Å². The molecule has 1 saturated heterocycles.